The van der Waals surface area contributed by atoms with Crippen LogP contribution in [0.2, 0.25) is 0 Å². The van der Waals surface area contributed by atoms with Gasteiger partial charge in [-0.1, -0.05) is 0 Å². The Hall–Kier alpha value is -1.67. The number of nitrogens with two attached hydrogens (primary N) is 1. The molecule has 0 saturated carbocycles. The first-order valence-electron chi connectivity index (χ1n) is 5.69. The average Bonchev–Trinajstić information content (AvgIpc) is 2.73. The number of nitrogens with one attached hydrogen (secondary N) is 1. The zero-order chi connectivity index (χ0) is 13.7. The lowest BCUT2D eigenvalue weighted by Crippen LogP contribution is -2.48. The van der Waals surface area contributed by atoms with E-state index in [0.717, 1.165) is 0 Å². The molecule has 0 aromatic rings. The second-order valence-electron chi connectivity index (χ2n) is 4.21. The first-order valence-corrected chi connectivity index (χ1v) is 5.69. The Morgan fingerprint density at radius 2 is 2.06 bits per heavy atom. The van der Waals surface area contributed by atoms with Gasteiger partial charge in [-0.3, -0.25) is 19.8 Å². The number of hydrogen-bond acceptors (Lipinski definition) is 5. The molecule has 0 aliphatic carbocycles. The smallest absolute Gasteiger partial charge is 0.322 e. The first kappa shape index (κ1) is 14.4. The fourth-order valence-corrected chi connectivity index (χ4v) is 1.78. The van der Waals surface area contributed by atoms with Crippen LogP contribution in [0.3, 0.4) is 0 Å². The Labute approximate surface area is 104 Å². The van der Waals surface area contributed by atoms with Crippen molar-refractivity contribution >= 4 is 17.8 Å². The summed E-state index contributed by atoms with van der Waals surface area (Å²) in [6, 6.07) is -1.79. The van der Waals surface area contributed by atoms with Crippen LogP contribution >= 0.6 is 0 Å². The molecule has 8 heteroatoms. The second kappa shape index (κ2) is 6.31. The molecule has 2 atom stereocenters. The third-order valence-electron chi connectivity index (χ3n) is 2.81. The maximum Gasteiger partial charge on any atom is 0.322 e. The number of carbonyl (C=O) groups is 3. The third-order valence-corrected chi connectivity index (χ3v) is 2.81. The highest BCUT2D eigenvalue weighted by molar-refractivity contribution is 5.79. The maximum atomic E-state index is 11.5. The average molecular weight is 259 g/mol. The molecule has 1 aliphatic rings. The monoisotopic (exact) mass is 259 g/mol. The fourth-order valence-electron chi connectivity index (χ4n) is 1.78. The predicted molar refractivity (Wildman–Crippen MR) is 60.4 cm³/mol. The molecule has 1 saturated heterocycles. The van der Waals surface area contributed by atoms with Crippen molar-refractivity contribution in [3.05, 3.63) is 0 Å². The van der Waals surface area contributed by atoms with Gasteiger partial charge in [0.1, 0.15) is 12.1 Å². The Bertz CT molecular complexity index is 346. The molecular formula is C10H17N3O5. The van der Waals surface area contributed by atoms with Crippen molar-refractivity contribution in [2.45, 2.75) is 37.8 Å². The van der Waals surface area contributed by atoms with Crippen LogP contribution in [0.25, 0.3) is 0 Å². The molecular weight excluding hydrogens is 242 g/mol. The van der Waals surface area contributed by atoms with E-state index in [2.05, 4.69) is 5.43 Å². The second-order valence-corrected chi connectivity index (χ2v) is 4.21. The van der Waals surface area contributed by atoms with E-state index in [-0.39, 0.29) is 12.8 Å². The van der Waals surface area contributed by atoms with Gasteiger partial charge in [0.25, 0.3) is 0 Å². The Morgan fingerprint density at radius 3 is 2.61 bits per heavy atom. The van der Waals surface area contributed by atoms with E-state index >= 15 is 0 Å². The van der Waals surface area contributed by atoms with Crippen molar-refractivity contribution in [1.29, 1.82) is 0 Å². The minimum absolute atomic E-state index is 0.0206. The molecule has 1 unspecified atom stereocenters. The van der Waals surface area contributed by atoms with Gasteiger partial charge in [0.2, 0.25) is 5.91 Å². The van der Waals surface area contributed by atoms with Crippen molar-refractivity contribution in [3.8, 4) is 0 Å². The van der Waals surface area contributed by atoms with Gasteiger partial charge < -0.3 is 15.9 Å². The van der Waals surface area contributed by atoms with Gasteiger partial charge in [0.05, 0.1) is 0 Å². The Kier molecular flexibility index (Phi) is 5.05. The zero-order valence-corrected chi connectivity index (χ0v) is 9.83. The third kappa shape index (κ3) is 3.97. The lowest BCUT2D eigenvalue weighted by Gasteiger charge is -2.21. The number of aliphatic carboxylic acids is 2. The van der Waals surface area contributed by atoms with Crippen LogP contribution in [0.1, 0.15) is 25.7 Å². The molecule has 1 aliphatic heterocycles. The van der Waals surface area contributed by atoms with Gasteiger partial charge in [0, 0.05) is 13.0 Å². The molecule has 0 spiro atoms. The van der Waals surface area contributed by atoms with Crippen molar-refractivity contribution in [2.24, 2.45) is 5.73 Å². The van der Waals surface area contributed by atoms with Crippen LogP contribution in [-0.2, 0) is 14.4 Å². The van der Waals surface area contributed by atoms with Gasteiger partial charge in [-0.25, -0.2) is 5.01 Å². The van der Waals surface area contributed by atoms with Crippen molar-refractivity contribution in [1.82, 2.24) is 10.4 Å². The zero-order valence-electron chi connectivity index (χ0n) is 9.83. The SMILES string of the molecule is NC(CCC(=O)NN1CCC[C@@H]1C(=O)O)C(=O)O. The molecule has 0 aromatic heterocycles. The first-order chi connectivity index (χ1) is 8.41. The number of amides is 1. The topological polar surface area (TPSA) is 133 Å². The van der Waals surface area contributed by atoms with Crippen LogP contribution in [0.15, 0.2) is 0 Å². The van der Waals surface area contributed by atoms with E-state index in [4.69, 9.17) is 15.9 Å². The number of carboxylic acids is 2. The molecule has 1 rings (SSSR count). The van der Waals surface area contributed by atoms with Gasteiger partial charge in [0.15, 0.2) is 0 Å². The highest BCUT2D eigenvalue weighted by Gasteiger charge is 2.31. The summed E-state index contributed by atoms with van der Waals surface area (Å²) in [6.45, 7) is 0.480. The number of hydrogen-bond donors (Lipinski definition) is 4. The van der Waals surface area contributed by atoms with Crippen LogP contribution < -0.4 is 11.2 Å². The molecule has 102 valence electrons. The molecule has 0 bridgehead atoms. The van der Waals surface area contributed by atoms with Gasteiger partial charge in [-0.05, 0) is 19.3 Å². The van der Waals surface area contributed by atoms with Crippen molar-refractivity contribution < 1.29 is 24.6 Å². The summed E-state index contributed by atoms with van der Waals surface area (Å²) in [6.07, 6.45) is 1.17. The van der Waals surface area contributed by atoms with Crippen LogP contribution in [-0.4, -0.2) is 51.7 Å². The summed E-state index contributed by atoms with van der Waals surface area (Å²) < 4.78 is 0. The van der Waals surface area contributed by atoms with E-state index < -0.39 is 29.9 Å². The van der Waals surface area contributed by atoms with Crippen LogP contribution in [0.5, 0.6) is 0 Å². The number of rotatable bonds is 6. The normalized spacial score (nSPS) is 21.5. The molecule has 8 nitrogen and oxygen atoms in total. The van der Waals surface area contributed by atoms with Crippen LogP contribution in [0.4, 0.5) is 0 Å². The number of nitrogens with zero attached hydrogens (tertiary/aromatic N) is 1. The minimum atomic E-state index is -1.16. The summed E-state index contributed by atoms with van der Waals surface area (Å²) in [5, 5.41) is 18.8. The fraction of sp³-hybridized carbons (Fsp3) is 0.700. The Morgan fingerprint density at radius 1 is 1.39 bits per heavy atom. The van der Waals surface area contributed by atoms with E-state index in [1.54, 1.807) is 0 Å². The quantitative estimate of drug-likeness (QED) is 0.468. The summed E-state index contributed by atoms with van der Waals surface area (Å²) in [4.78, 5) is 32.8. The van der Waals surface area contributed by atoms with Gasteiger partial charge >= 0.3 is 11.9 Å². The van der Waals surface area contributed by atoms with Gasteiger partial charge in [-0.2, -0.15) is 0 Å². The lowest BCUT2D eigenvalue weighted by molar-refractivity contribution is -0.144. The minimum Gasteiger partial charge on any atom is -0.480 e. The van der Waals surface area contributed by atoms with Crippen molar-refractivity contribution in [3.63, 3.8) is 0 Å². The number of carbonyl (C=O) groups excluding carboxylic acids is 1. The highest BCUT2D eigenvalue weighted by Crippen LogP contribution is 2.14. The summed E-state index contributed by atoms with van der Waals surface area (Å²) >= 11 is 0. The predicted octanol–water partition coefficient (Wildman–Crippen LogP) is -1.24. The highest BCUT2D eigenvalue weighted by atomic mass is 16.4. The largest absolute Gasteiger partial charge is 0.480 e. The van der Waals surface area contributed by atoms with E-state index in [1.165, 1.54) is 5.01 Å². The van der Waals surface area contributed by atoms with E-state index in [1.807, 2.05) is 0 Å². The molecule has 5 N–H and O–H groups in total. The lowest BCUT2D eigenvalue weighted by atomic mass is 10.1. The molecule has 18 heavy (non-hydrogen) atoms. The molecule has 1 fully saturated rings. The van der Waals surface area contributed by atoms with Crippen LogP contribution in [0, 0.1) is 0 Å². The molecule has 1 amide bonds. The summed E-state index contributed by atoms with van der Waals surface area (Å²) in [5.41, 5.74) is 7.73. The molecule has 0 aromatic carbocycles. The molecule has 1 heterocycles. The summed E-state index contributed by atoms with van der Waals surface area (Å²) in [5.74, 6) is -2.55. The standard InChI is InChI=1S/C10H17N3O5/c11-6(9(15)16)3-4-8(14)12-13-5-1-2-7(13)10(17)18/h6-7H,1-5,11H2,(H,12,14)(H,15,16)(H,17,18)/t6?,7-/m1/s1. The molecule has 0 radical (unpaired) electrons. The van der Waals surface area contributed by atoms with Crippen molar-refractivity contribution in [2.75, 3.05) is 6.54 Å². The van der Waals surface area contributed by atoms with E-state index in [0.29, 0.717) is 19.4 Å². The van der Waals surface area contributed by atoms with Gasteiger partial charge in [-0.15, -0.1) is 0 Å². The Balaban J connectivity index is 2.36. The summed E-state index contributed by atoms with van der Waals surface area (Å²) in [7, 11) is 0. The van der Waals surface area contributed by atoms with E-state index in [9.17, 15) is 14.4 Å². The number of hydrazine groups is 1. The maximum absolute atomic E-state index is 11.5. The number of carboxylic acid groups (broad SMARTS) is 2.